The number of hydrogen-bond donors (Lipinski definition) is 1. The van der Waals surface area contributed by atoms with Crippen molar-refractivity contribution in [2.75, 3.05) is 7.11 Å². The van der Waals surface area contributed by atoms with E-state index in [2.05, 4.69) is 5.32 Å². The van der Waals surface area contributed by atoms with Crippen molar-refractivity contribution in [3.05, 3.63) is 90.0 Å². The number of carbonyl (C=O) groups excluding carboxylic acids is 1. The molecule has 0 radical (unpaired) electrons. The summed E-state index contributed by atoms with van der Waals surface area (Å²) < 4.78 is 16.8. The molecule has 0 fully saturated rings. The summed E-state index contributed by atoms with van der Waals surface area (Å²) in [5, 5.41) is 2.87. The first-order valence-corrected chi connectivity index (χ1v) is 9.49. The average Bonchev–Trinajstić information content (AvgIpc) is 2.77. The minimum atomic E-state index is -0.624. The molecule has 0 heterocycles. The molecule has 3 aromatic carbocycles. The first kappa shape index (κ1) is 20.3. The van der Waals surface area contributed by atoms with Crippen LogP contribution in [0, 0.1) is 0 Å². The Bertz CT molecular complexity index is 910. The van der Waals surface area contributed by atoms with Crippen molar-refractivity contribution in [3.8, 4) is 17.2 Å². The number of hydrogen-bond acceptors (Lipinski definition) is 4. The number of nitrogens with one attached hydrogen (secondary N) is 1. The number of methoxy groups -OCH3 is 1. The third-order valence-electron chi connectivity index (χ3n) is 4.40. The molecule has 0 saturated carbocycles. The van der Waals surface area contributed by atoms with Gasteiger partial charge in [0.25, 0.3) is 5.91 Å². The highest BCUT2D eigenvalue weighted by Gasteiger charge is 2.15. The topological polar surface area (TPSA) is 56.8 Å². The molecule has 0 saturated heterocycles. The van der Waals surface area contributed by atoms with Gasteiger partial charge < -0.3 is 19.5 Å². The van der Waals surface area contributed by atoms with Gasteiger partial charge in [0, 0.05) is 12.1 Å². The molecule has 150 valence electrons. The lowest BCUT2D eigenvalue weighted by atomic mass is 10.2. The van der Waals surface area contributed by atoms with Crippen LogP contribution in [0.15, 0.2) is 78.9 Å². The van der Waals surface area contributed by atoms with Crippen LogP contribution in [0.2, 0.25) is 0 Å². The maximum atomic E-state index is 12.3. The van der Waals surface area contributed by atoms with Crippen LogP contribution in [0.1, 0.15) is 18.1 Å². The average molecular weight is 391 g/mol. The zero-order valence-electron chi connectivity index (χ0n) is 16.6. The van der Waals surface area contributed by atoms with Crippen LogP contribution >= 0.6 is 0 Å². The molecule has 0 aromatic heterocycles. The summed E-state index contributed by atoms with van der Waals surface area (Å²) in [4.78, 5) is 12.3. The second-order valence-electron chi connectivity index (χ2n) is 6.54. The van der Waals surface area contributed by atoms with Gasteiger partial charge in [-0.05, 0) is 42.8 Å². The predicted octanol–water partition coefficient (Wildman–Crippen LogP) is 4.36. The van der Waals surface area contributed by atoms with Crippen molar-refractivity contribution >= 4 is 5.91 Å². The molecule has 3 rings (SSSR count). The van der Waals surface area contributed by atoms with Gasteiger partial charge in [0.15, 0.2) is 6.10 Å². The Hall–Kier alpha value is -3.47. The van der Waals surface area contributed by atoms with Crippen LogP contribution < -0.4 is 19.5 Å². The van der Waals surface area contributed by atoms with E-state index in [9.17, 15) is 4.79 Å². The van der Waals surface area contributed by atoms with Crippen molar-refractivity contribution in [3.63, 3.8) is 0 Å². The fourth-order valence-corrected chi connectivity index (χ4v) is 2.79. The Morgan fingerprint density at radius 1 is 0.897 bits per heavy atom. The van der Waals surface area contributed by atoms with Crippen molar-refractivity contribution in [2.24, 2.45) is 0 Å². The van der Waals surface area contributed by atoms with Crippen molar-refractivity contribution < 1.29 is 19.0 Å². The summed E-state index contributed by atoms with van der Waals surface area (Å²) in [5.74, 6) is 1.90. The quantitative estimate of drug-likeness (QED) is 0.589. The van der Waals surface area contributed by atoms with Crippen LogP contribution in [0.4, 0.5) is 0 Å². The van der Waals surface area contributed by atoms with Gasteiger partial charge in [0.05, 0.1) is 7.11 Å². The number of rotatable bonds is 9. The van der Waals surface area contributed by atoms with Crippen LogP contribution in [-0.4, -0.2) is 19.1 Å². The van der Waals surface area contributed by atoms with E-state index in [1.807, 2.05) is 66.7 Å². The number of amides is 1. The number of benzene rings is 3. The van der Waals surface area contributed by atoms with Crippen LogP contribution in [0.25, 0.3) is 0 Å². The van der Waals surface area contributed by atoms with E-state index in [1.165, 1.54) is 0 Å². The van der Waals surface area contributed by atoms with E-state index in [0.717, 1.165) is 22.6 Å². The van der Waals surface area contributed by atoms with E-state index >= 15 is 0 Å². The molecule has 5 heteroatoms. The molecular formula is C24H25NO4. The minimum absolute atomic E-state index is 0.194. The maximum absolute atomic E-state index is 12.3. The fourth-order valence-electron chi connectivity index (χ4n) is 2.79. The third-order valence-corrected chi connectivity index (χ3v) is 4.40. The molecule has 1 unspecified atom stereocenters. The van der Waals surface area contributed by atoms with Gasteiger partial charge in [-0.3, -0.25) is 4.79 Å². The van der Waals surface area contributed by atoms with Crippen LogP contribution in [-0.2, 0) is 17.9 Å². The highest BCUT2D eigenvalue weighted by Crippen LogP contribution is 2.20. The number of para-hydroxylation sites is 1. The van der Waals surface area contributed by atoms with Crippen molar-refractivity contribution in [1.29, 1.82) is 0 Å². The lowest BCUT2D eigenvalue weighted by Crippen LogP contribution is -2.35. The zero-order valence-corrected chi connectivity index (χ0v) is 16.6. The summed E-state index contributed by atoms with van der Waals surface area (Å²) in [6.07, 6.45) is -0.624. The Balaban J connectivity index is 1.48. The first-order chi connectivity index (χ1) is 14.2. The zero-order chi connectivity index (χ0) is 20.5. The number of carbonyl (C=O) groups is 1. The van der Waals surface area contributed by atoms with Gasteiger partial charge in [-0.15, -0.1) is 0 Å². The summed E-state index contributed by atoms with van der Waals surface area (Å²) in [6.45, 7) is 2.60. The molecule has 1 atom stereocenters. The maximum Gasteiger partial charge on any atom is 0.261 e. The van der Waals surface area contributed by atoms with Gasteiger partial charge in [0.2, 0.25) is 0 Å². The van der Waals surface area contributed by atoms with Gasteiger partial charge >= 0.3 is 0 Å². The largest absolute Gasteiger partial charge is 0.496 e. The summed E-state index contributed by atoms with van der Waals surface area (Å²) in [7, 11) is 1.61. The summed E-state index contributed by atoms with van der Waals surface area (Å²) in [6, 6.07) is 24.8. The van der Waals surface area contributed by atoms with E-state index < -0.39 is 6.10 Å². The third kappa shape index (κ3) is 6.01. The SMILES string of the molecule is COc1ccccc1CNC(=O)C(C)Oc1ccc(OCc2ccccc2)cc1. The van der Waals surface area contributed by atoms with Crippen LogP contribution in [0.3, 0.4) is 0 Å². The molecule has 0 spiro atoms. The smallest absolute Gasteiger partial charge is 0.261 e. The van der Waals surface area contributed by atoms with Gasteiger partial charge in [-0.2, -0.15) is 0 Å². The number of ether oxygens (including phenoxy) is 3. The Kier molecular flexibility index (Phi) is 7.11. The van der Waals surface area contributed by atoms with Gasteiger partial charge in [-0.1, -0.05) is 48.5 Å². The Labute approximate surface area is 171 Å². The Morgan fingerprint density at radius 3 is 2.28 bits per heavy atom. The second-order valence-corrected chi connectivity index (χ2v) is 6.54. The summed E-state index contributed by atoms with van der Waals surface area (Å²) in [5.41, 5.74) is 2.02. The van der Waals surface area contributed by atoms with Crippen LogP contribution in [0.5, 0.6) is 17.2 Å². The van der Waals surface area contributed by atoms with E-state index in [4.69, 9.17) is 14.2 Å². The Morgan fingerprint density at radius 2 is 1.55 bits per heavy atom. The lowest BCUT2D eigenvalue weighted by Gasteiger charge is -2.16. The minimum Gasteiger partial charge on any atom is -0.496 e. The molecule has 0 aliphatic rings. The molecule has 0 aliphatic carbocycles. The molecule has 0 bridgehead atoms. The standard InChI is InChI=1S/C24H25NO4/c1-18(24(26)25-16-20-10-6-7-11-23(20)27-2)29-22-14-12-21(13-15-22)28-17-19-8-4-3-5-9-19/h3-15,18H,16-17H2,1-2H3,(H,25,26). The molecule has 3 aromatic rings. The summed E-state index contributed by atoms with van der Waals surface area (Å²) >= 11 is 0. The molecule has 1 N–H and O–H groups in total. The van der Waals surface area contributed by atoms with E-state index in [-0.39, 0.29) is 5.91 Å². The molecule has 5 nitrogen and oxygen atoms in total. The van der Waals surface area contributed by atoms with Crippen molar-refractivity contribution in [1.82, 2.24) is 5.32 Å². The highest BCUT2D eigenvalue weighted by molar-refractivity contribution is 5.80. The predicted molar refractivity (Wildman–Crippen MR) is 112 cm³/mol. The van der Waals surface area contributed by atoms with Crippen molar-refractivity contribution in [2.45, 2.75) is 26.2 Å². The van der Waals surface area contributed by atoms with E-state index in [0.29, 0.717) is 18.9 Å². The first-order valence-electron chi connectivity index (χ1n) is 9.49. The normalized spacial score (nSPS) is 11.4. The molecular weight excluding hydrogens is 366 g/mol. The second kappa shape index (κ2) is 10.2. The molecule has 1 amide bonds. The lowest BCUT2D eigenvalue weighted by molar-refractivity contribution is -0.127. The van der Waals surface area contributed by atoms with E-state index in [1.54, 1.807) is 26.2 Å². The van der Waals surface area contributed by atoms with Gasteiger partial charge in [-0.25, -0.2) is 0 Å². The highest BCUT2D eigenvalue weighted by atomic mass is 16.5. The van der Waals surface area contributed by atoms with Gasteiger partial charge in [0.1, 0.15) is 23.9 Å². The fraction of sp³-hybridized carbons (Fsp3) is 0.208. The molecule has 29 heavy (non-hydrogen) atoms. The molecule has 0 aliphatic heterocycles. The monoisotopic (exact) mass is 391 g/mol.